The van der Waals surface area contributed by atoms with Gasteiger partial charge in [-0.2, -0.15) is 9.78 Å². The fourth-order valence-corrected chi connectivity index (χ4v) is 2.84. The van der Waals surface area contributed by atoms with Gasteiger partial charge in [0.25, 0.3) is 5.91 Å². The molecule has 4 rings (SSSR count). The Labute approximate surface area is 152 Å². The van der Waals surface area contributed by atoms with E-state index in [1.165, 1.54) is 29.1 Å². The molecule has 0 bridgehead atoms. The highest BCUT2D eigenvalue weighted by atomic mass is 19.1. The number of nitrogens with zero attached hydrogens (tertiary/aromatic N) is 3. The molecule has 0 atom stereocenters. The van der Waals surface area contributed by atoms with Crippen molar-refractivity contribution in [2.75, 3.05) is 5.32 Å². The summed E-state index contributed by atoms with van der Waals surface area (Å²) in [7, 11) is 0. The van der Waals surface area contributed by atoms with Crippen LogP contribution in [0.4, 0.5) is 10.1 Å². The summed E-state index contributed by atoms with van der Waals surface area (Å²) in [5.74, 6) is -0.745. The van der Waals surface area contributed by atoms with Gasteiger partial charge in [-0.1, -0.05) is 18.2 Å². The van der Waals surface area contributed by atoms with Crippen LogP contribution in [0.5, 0.6) is 0 Å². The van der Waals surface area contributed by atoms with Crippen molar-refractivity contribution in [3.05, 3.63) is 82.2 Å². The lowest BCUT2D eigenvalue weighted by atomic mass is 10.1. The molecule has 2 N–H and O–H groups in total. The van der Waals surface area contributed by atoms with Crippen molar-refractivity contribution in [1.29, 1.82) is 0 Å². The molecule has 1 aromatic carbocycles. The quantitative estimate of drug-likeness (QED) is 0.585. The Balaban J connectivity index is 1.79. The monoisotopic (exact) mass is 363 g/mol. The van der Waals surface area contributed by atoms with Gasteiger partial charge in [0.1, 0.15) is 17.0 Å². The molecule has 4 aromatic rings. The number of H-pyrrole nitrogens is 1. The molecule has 0 saturated heterocycles. The van der Waals surface area contributed by atoms with Crippen LogP contribution in [-0.4, -0.2) is 25.7 Å². The number of pyridine rings is 2. The first kappa shape index (κ1) is 16.6. The number of carbonyl (C=O) groups is 1. The largest absolute Gasteiger partial charge is 0.345 e. The molecule has 0 spiro atoms. The average Bonchev–Trinajstić information content (AvgIpc) is 3.02. The van der Waals surface area contributed by atoms with E-state index < -0.39 is 17.2 Å². The summed E-state index contributed by atoms with van der Waals surface area (Å²) in [6, 6.07) is 11.1. The molecule has 134 valence electrons. The van der Waals surface area contributed by atoms with Crippen LogP contribution >= 0.6 is 0 Å². The molecule has 0 fully saturated rings. The third kappa shape index (κ3) is 2.86. The average molecular weight is 363 g/mol. The van der Waals surface area contributed by atoms with E-state index in [1.54, 1.807) is 37.4 Å². The minimum absolute atomic E-state index is 0.00268. The van der Waals surface area contributed by atoms with Gasteiger partial charge in [0.15, 0.2) is 5.82 Å². The van der Waals surface area contributed by atoms with Crippen LogP contribution in [-0.2, 0) is 0 Å². The number of hydrogen-bond acceptors (Lipinski definition) is 4. The van der Waals surface area contributed by atoms with E-state index in [9.17, 15) is 14.0 Å². The van der Waals surface area contributed by atoms with Crippen LogP contribution in [0.15, 0.2) is 59.7 Å². The maximum absolute atomic E-state index is 13.8. The predicted molar refractivity (Wildman–Crippen MR) is 98.6 cm³/mol. The Morgan fingerprint density at radius 2 is 1.96 bits per heavy atom. The van der Waals surface area contributed by atoms with Crippen LogP contribution in [0.25, 0.3) is 16.9 Å². The summed E-state index contributed by atoms with van der Waals surface area (Å²) < 4.78 is 15.3. The number of aromatic amines is 1. The predicted octanol–water partition coefficient (Wildman–Crippen LogP) is 2.81. The molecule has 0 radical (unpaired) electrons. The van der Waals surface area contributed by atoms with Crippen molar-refractivity contribution in [2.45, 2.75) is 6.92 Å². The summed E-state index contributed by atoms with van der Waals surface area (Å²) in [6.45, 7) is 1.68. The molecular formula is C19H14FN5O2. The molecule has 0 aliphatic carbocycles. The van der Waals surface area contributed by atoms with Crippen molar-refractivity contribution < 1.29 is 9.18 Å². The number of hydrogen-bond donors (Lipinski definition) is 2. The first-order valence-corrected chi connectivity index (χ1v) is 8.14. The molecule has 0 aliphatic rings. The maximum atomic E-state index is 13.8. The maximum Gasteiger partial charge on any atom is 0.261 e. The topological polar surface area (TPSA) is 92.7 Å². The molecule has 27 heavy (non-hydrogen) atoms. The number of halogens is 1. The number of amides is 1. The first-order valence-electron chi connectivity index (χ1n) is 8.14. The van der Waals surface area contributed by atoms with Crippen LogP contribution < -0.4 is 10.7 Å². The van der Waals surface area contributed by atoms with Gasteiger partial charge in [-0.05, 0) is 31.2 Å². The molecule has 0 saturated carbocycles. The SMILES string of the molecule is Cc1nn(-c2ccccn2)c2[nH]cc(C(=O)Nc3ccccc3F)c(=O)c12. The van der Waals surface area contributed by atoms with E-state index >= 15 is 0 Å². The van der Waals surface area contributed by atoms with Crippen molar-refractivity contribution >= 4 is 22.6 Å². The van der Waals surface area contributed by atoms with Gasteiger partial charge in [-0.3, -0.25) is 9.59 Å². The van der Waals surface area contributed by atoms with Gasteiger partial charge >= 0.3 is 0 Å². The van der Waals surface area contributed by atoms with Gasteiger partial charge in [0.2, 0.25) is 5.43 Å². The van der Waals surface area contributed by atoms with E-state index in [4.69, 9.17) is 0 Å². The van der Waals surface area contributed by atoms with Gasteiger partial charge in [-0.15, -0.1) is 0 Å². The number of fused-ring (bicyclic) bond motifs is 1. The van der Waals surface area contributed by atoms with E-state index in [0.717, 1.165) is 0 Å². The van der Waals surface area contributed by atoms with E-state index in [0.29, 0.717) is 17.2 Å². The van der Waals surface area contributed by atoms with Crippen molar-refractivity contribution in [2.24, 2.45) is 0 Å². The highest BCUT2D eigenvalue weighted by Gasteiger charge is 2.19. The minimum atomic E-state index is -0.701. The summed E-state index contributed by atoms with van der Waals surface area (Å²) in [5.41, 5.74) is 0.269. The number of benzene rings is 1. The molecule has 1 amide bonds. The number of aromatic nitrogens is 4. The molecule has 7 nitrogen and oxygen atoms in total. The lowest BCUT2D eigenvalue weighted by molar-refractivity contribution is 0.102. The van der Waals surface area contributed by atoms with Crippen LogP contribution in [0.3, 0.4) is 0 Å². The number of anilines is 1. The molecular weight excluding hydrogens is 349 g/mol. The van der Waals surface area contributed by atoms with Crippen LogP contribution in [0.1, 0.15) is 16.1 Å². The van der Waals surface area contributed by atoms with Gasteiger partial charge in [-0.25, -0.2) is 9.37 Å². The Morgan fingerprint density at radius 1 is 1.19 bits per heavy atom. The zero-order valence-electron chi connectivity index (χ0n) is 14.2. The normalized spacial score (nSPS) is 10.9. The lowest BCUT2D eigenvalue weighted by Crippen LogP contribution is -2.22. The van der Waals surface area contributed by atoms with Gasteiger partial charge in [0, 0.05) is 12.4 Å². The van der Waals surface area contributed by atoms with E-state index in [-0.39, 0.29) is 16.6 Å². The summed E-state index contributed by atoms with van der Waals surface area (Å²) in [5, 5.41) is 7.05. The highest BCUT2D eigenvalue weighted by Crippen LogP contribution is 2.17. The van der Waals surface area contributed by atoms with Crippen molar-refractivity contribution in [1.82, 2.24) is 19.7 Å². The van der Waals surface area contributed by atoms with Crippen molar-refractivity contribution in [3.8, 4) is 5.82 Å². The Morgan fingerprint density at radius 3 is 2.70 bits per heavy atom. The molecule has 3 heterocycles. The zero-order chi connectivity index (χ0) is 19.0. The summed E-state index contributed by atoms with van der Waals surface area (Å²) in [4.78, 5) is 32.5. The second-order valence-corrected chi connectivity index (χ2v) is 5.87. The lowest BCUT2D eigenvalue weighted by Gasteiger charge is -2.06. The fraction of sp³-hybridized carbons (Fsp3) is 0.0526. The minimum Gasteiger partial charge on any atom is -0.345 e. The number of carbonyl (C=O) groups excluding carboxylic acids is 1. The van der Waals surface area contributed by atoms with Crippen molar-refractivity contribution in [3.63, 3.8) is 0 Å². The number of nitrogens with one attached hydrogen (secondary N) is 2. The van der Waals surface area contributed by atoms with E-state index in [2.05, 4.69) is 20.4 Å². The molecule has 3 aromatic heterocycles. The summed E-state index contributed by atoms with van der Waals surface area (Å²) in [6.07, 6.45) is 2.91. The van der Waals surface area contributed by atoms with Gasteiger partial charge in [0.05, 0.1) is 16.8 Å². The third-order valence-corrected chi connectivity index (χ3v) is 4.12. The third-order valence-electron chi connectivity index (χ3n) is 4.12. The fourth-order valence-electron chi connectivity index (χ4n) is 2.84. The number of rotatable bonds is 3. The Kier molecular flexibility index (Phi) is 4.00. The molecule has 0 unspecified atom stereocenters. The number of para-hydroxylation sites is 1. The zero-order valence-corrected chi connectivity index (χ0v) is 14.2. The van der Waals surface area contributed by atoms with Gasteiger partial charge < -0.3 is 10.3 Å². The van der Waals surface area contributed by atoms with Crippen LogP contribution in [0.2, 0.25) is 0 Å². The second-order valence-electron chi connectivity index (χ2n) is 5.87. The first-order chi connectivity index (χ1) is 13.1. The van der Waals surface area contributed by atoms with Crippen LogP contribution in [0, 0.1) is 12.7 Å². The Hall–Kier alpha value is -3.81. The smallest absolute Gasteiger partial charge is 0.261 e. The summed E-state index contributed by atoms with van der Waals surface area (Å²) >= 11 is 0. The molecule has 8 heteroatoms. The Bertz CT molecular complexity index is 1210. The van der Waals surface area contributed by atoms with E-state index in [1.807, 2.05) is 0 Å². The number of aryl methyl sites for hydroxylation is 1. The standard InChI is InChI=1S/C19H14FN5O2/c1-11-16-17(26)12(19(27)23-14-7-3-2-6-13(14)20)10-22-18(16)25(24-11)15-8-4-5-9-21-15/h2-10H,1H3,(H,22,26)(H,23,27). The molecule has 0 aliphatic heterocycles. The highest BCUT2D eigenvalue weighted by molar-refractivity contribution is 6.05. The second kappa shape index (κ2) is 6.49.